The highest BCUT2D eigenvalue weighted by Gasteiger charge is 1.98. The summed E-state index contributed by atoms with van der Waals surface area (Å²) < 4.78 is 0. The Balaban J connectivity index is 0. The smallest absolute Gasteiger partial charge is 0.331 e. The topological polar surface area (TPSA) is 37.3 Å². The highest BCUT2D eigenvalue weighted by atomic mass is 27.0. The summed E-state index contributed by atoms with van der Waals surface area (Å²) in [6, 6.07) is 0. The SMILES string of the molecule is CC(C)=C(C)C(=O)O.[AlH3]. The lowest BCUT2D eigenvalue weighted by atomic mass is 10.2. The fourth-order valence-electron chi connectivity index (χ4n) is 0.214. The van der Waals surface area contributed by atoms with E-state index in [0.29, 0.717) is 5.57 Å². The molecule has 1 N–H and O–H groups in total. The summed E-state index contributed by atoms with van der Waals surface area (Å²) in [7, 11) is 0. The van der Waals surface area contributed by atoms with E-state index in [1.807, 2.05) is 0 Å². The van der Waals surface area contributed by atoms with E-state index >= 15 is 0 Å². The van der Waals surface area contributed by atoms with Gasteiger partial charge >= 0.3 is 5.97 Å². The third-order valence-corrected chi connectivity index (χ3v) is 1.07. The molecule has 0 bridgehead atoms. The van der Waals surface area contributed by atoms with Gasteiger partial charge in [-0.1, -0.05) is 5.57 Å². The van der Waals surface area contributed by atoms with Crippen molar-refractivity contribution in [3.63, 3.8) is 0 Å². The second kappa shape index (κ2) is 4.61. The molecule has 2 nitrogen and oxygen atoms in total. The number of aliphatic carboxylic acids is 1. The molecule has 0 aromatic carbocycles. The zero-order valence-corrected chi connectivity index (χ0v) is 5.36. The second-order valence-electron chi connectivity index (χ2n) is 1.93. The summed E-state index contributed by atoms with van der Waals surface area (Å²) in [5.41, 5.74) is 1.29. The summed E-state index contributed by atoms with van der Waals surface area (Å²) in [4.78, 5) is 10.1. The highest BCUT2D eigenvalue weighted by molar-refractivity contribution is 5.86. The van der Waals surface area contributed by atoms with Gasteiger partial charge in [0.05, 0.1) is 0 Å². The van der Waals surface area contributed by atoms with E-state index in [9.17, 15) is 4.79 Å². The Bertz CT molecular complexity index is 134. The van der Waals surface area contributed by atoms with Gasteiger partial charge in [-0.15, -0.1) is 0 Å². The third kappa shape index (κ3) is 4.26. The van der Waals surface area contributed by atoms with Crippen LogP contribution in [0.3, 0.4) is 0 Å². The molecular formula is C6H13AlO2. The van der Waals surface area contributed by atoms with Crippen LogP contribution in [0.4, 0.5) is 0 Å². The largest absolute Gasteiger partial charge is 0.478 e. The average molecular weight is 144 g/mol. The van der Waals surface area contributed by atoms with E-state index in [1.165, 1.54) is 0 Å². The standard InChI is InChI=1S/C6H10O2.Al.3H/c1-4(2)5(3)6(7)8;;;;/h1-3H3,(H,7,8);;;;. The van der Waals surface area contributed by atoms with Crippen LogP contribution >= 0.6 is 0 Å². The van der Waals surface area contributed by atoms with Crippen LogP contribution in [0.2, 0.25) is 0 Å². The van der Waals surface area contributed by atoms with Crippen LogP contribution in [0.15, 0.2) is 11.1 Å². The van der Waals surface area contributed by atoms with Crippen molar-refractivity contribution < 1.29 is 9.90 Å². The minimum atomic E-state index is -0.829. The summed E-state index contributed by atoms with van der Waals surface area (Å²) in [6.45, 7) is 5.16. The fourth-order valence-corrected chi connectivity index (χ4v) is 0.214. The van der Waals surface area contributed by atoms with Crippen molar-refractivity contribution in [2.45, 2.75) is 20.8 Å². The number of carbonyl (C=O) groups is 1. The molecule has 52 valence electrons. The zero-order chi connectivity index (χ0) is 6.73. The maximum Gasteiger partial charge on any atom is 0.331 e. The molecule has 0 heterocycles. The van der Waals surface area contributed by atoms with Crippen molar-refractivity contribution >= 4 is 23.3 Å². The van der Waals surface area contributed by atoms with Crippen LogP contribution in [0, 0.1) is 0 Å². The molecule has 0 aromatic rings. The predicted molar refractivity (Wildman–Crippen MR) is 41.6 cm³/mol. The van der Waals surface area contributed by atoms with Crippen LogP contribution in [-0.2, 0) is 4.79 Å². The van der Waals surface area contributed by atoms with E-state index in [4.69, 9.17) is 5.11 Å². The van der Waals surface area contributed by atoms with Gasteiger partial charge in [0.2, 0.25) is 0 Å². The summed E-state index contributed by atoms with van der Waals surface area (Å²) >= 11 is 0. The van der Waals surface area contributed by atoms with Crippen LogP contribution < -0.4 is 0 Å². The van der Waals surface area contributed by atoms with Crippen molar-refractivity contribution in [1.29, 1.82) is 0 Å². The van der Waals surface area contributed by atoms with E-state index in [0.717, 1.165) is 5.57 Å². The normalized spacial score (nSPS) is 7.44. The van der Waals surface area contributed by atoms with Gasteiger partial charge < -0.3 is 5.11 Å². The van der Waals surface area contributed by atoms with Crippen molar-refractivity contribution in [2.24, 2.45) is 0 Å². The maximum absolute atomic E-state index is 10.1. The highest BCUT2D eigenvalue weighted by Crippen LogP contribution is 1.99. The first-order valence-electron chi connectivity index (χ1n) is 2.43. The molecule has 0 aliphatic rings. The quantitative estimate of drug-likeness (QED) is 0.423. The molecule has 0 rings (SSSR count). The van der Waals surface area contributed by atoms with Crippen LogP contribution in [-0.4, -0.2) is 28.4 Å². The van der Waals surface area contributed by atoms with E-state index in [-0.39, 0.29) is 17.4 Å². The first-order valence-corrected chi connectivity index (χ1v) is 2.43. The molecule has 0 amide bonds. The summed E-state index contributed by atoms with van der Waals surface area (Å²) in [5, 5.41) is 8.29. The Kier molecular flexibility index (Phi) is 5.90. The van der Waals surface area contributed by atoms with E-state index in [1.54, 1.807) is 20.8 Å². The minimum absolute atomic E-state index is 0. The van der Waals surface area contributed by atoms with Gasteiger partial charge in [0.1, 0.15) is 0 Å². The molecular weight excluding hydrogens is 131 g/mol. The molecule has 0 saturated carbocycles. The Hall–Kier alpha value is -0.258. The lowest BCUT2D eigenvalue weighted by molar-refractivity contribution is -0.132. The maximum atomic E-state index is 10.1. The van der Waals surface area contributed by atoms with Gasteiger partial charge in [0.25, 0.3) is 0 Å². The van der Waals surface area contributed by atoms with Gasteiger partial charge in [-0.05, 0) is 20.8 Å². The lowest BCUT2D eigenvalue weighted by Crippen LogP contribution is -1.97. The van der Waals surface area contributed by atoms with Crippen LogP contribution in [0.5, 0.6) is 0 Å². The molecule has 0 radical (unpaired) electrons. The van der Waals surface area contributed by atoms with Crippen molar-refractivity contribution in [3.8, 4) is 0 Å². The Morgan fingerprint density at radius 3 is 1.56 bits per heavy atom. The number of hydrogen-bond acceptors (Lipinski definition) is 1. The number of carboxylic acids is 1. The zero-order valence-electron chi connectivity index (χ0n) is 5.36. The molecule has 0 fully saturated rings. The van der Waals surface area contributed by atoms with Crippen LogP contribution in [0.25, 0.3) is 0 Å². The Labute approximate surface area is 65.7 Å². The van der Waals surface area contributed by atoms with Gasteiger partial charge in [-0.3, -0.25) is 0 Å². The number of carboxylic acid groups (broad SMARTS) is 1. The monoisotopic (exact) mass is 144 g/mol. The van der Waals surface area contributed by atoms with Crippen LogP contribution in [0.1, 0.15) is 20.8 Å². The first-order chi connectivity index (χ1) is 3.55. The number of allylic oxidation sites excluding steroid dienone is 1. The second-order valence-corrected chi connectivity index (χ2v) is 1.93. The Morgan fingerprint density at radius 1 is 1.22 bits per heavy atom. The van der Waals surface area contributed by atoms with E-state index < -0.39 is 5.97 Å². The minimum Gasteiger partial charge on any atom is -0.478 e. The third-order valence-electron chi connectivity index (χ3n) is 1.07. The molecule has 0 saturated heterocycles. The first kappa shape index (κ1) is 11.5. The van der Waals surface area contributed by atoms with E-state index in [2.05, 4.69) is 0 Å². The molecule has 0 atom stereocenters. The van der Waals surface area contributed by atoms with Gasteiger partial charge in [0.15, 0.2) is 17.4 Å². The van der Waals surface area contributed by atoms with Crippen molar-refractivity contribution in [3.05, 3.63) is 11.1 Å². The van der Waals surface area contributed by atoms with Gasteiger partial charge in [-0.2, -0.15) is 0 Å². The number of hydrogen-bond donors (Lipinski definition) is 1. The average Bonchev–Trinajstić information content (AvgIpc) is 1.64. The molecule has 9 heavy (non-hydrogen) atoms. The number of rotatable bonds is 1. The summed E-state index contributed by atoms with van der Waals surface area (Å²) in [6.07, 6.45) is 0. The Morgan fingerprint density at radius 2 is 1.56 bits per heavy atom. The summed E-state index contributed by atoms with van der Waals surface area (Å²) in [5.74, 6) is -0.829. The molecule has 3 heteroatoms. The van der Waals surface area contributed by atoms with Gasteiger partial charge in [0, 0.05) is 5.57 Å². The molecule has 0 aliphatic heterocycles. The van der Waals surface area contributed by atoms with Crippen molar-refractivity contribution in [1.82, 2.24) is 0 Å². The van der Waals surface area contributed by atoms with Crippen molar-refractivity contribution in [2.75, 3.05) is 0 Å². The molecule has 0 aromatic heterocycles. The molecule has 0 spiro atoms. The predicted octanol–water partition coefficient (Wildman–Crippen LogP) is 0.243. The molecule has 0 aliphatic carbocycles. The molecule has 0 unspecified atom stereocenters. The fraction of sp³-hybridized carbons (Fsp3) is 0.500. The van der Waals surface area contributed by atoms with Gasteiger partial charge in [-0.25, -0.2) is 4.79 Å². The lowest BCUT2D eigenvalue weighted by Gasteiger charge is -1.92.